The Bertz CT molecular complexity index is 790. The van der Waals surface area contributed by atoms with Crippen LogP contribution in [-0.4, -0.2) is 30.2 Å². The zero-order valence-electron chi connectivity index (χ0n) is 13.1. The van der Waals surface area contributed by atoms with Gasteiger partial charge in [-0.3, -0.25) is 0 Å². The fraction of sp³-hybridized carbons (Fsp3) is 0.250. The highest BCUT2D eigenvalue weighted by Gasteiger charge is 2.24. The highest BCUT2D eigenvalue weighted by atomic mass is 32.7. The zero-order chi connectivity index (χ0) is 18.6. The summed E-state index contributed by atoms with van der Waals surface area (Å²) in [7, 11) is 0. The lowest BCUT2D eigenvalue weighted by Crippen LogP contribution is -2.01. The molecule has 0 fully saturated rings. The second-order valence-electron chi connectivity index (χ2n) is 5.54. The Labute approximate surface area is 148 Å². The monoisotopic (exact) mass is 386 g/mol. The summed E-state index contributed by atoms with van der Waals surface area (Å²) in [6, 6.07) is 8.81. The Kier molecular flexibility index (Phi) is 6.37. The number of rotatable bonds is 7. The van der Waals surface area contributed by atoms with Crippen LogP contribution >= 0.6 is 18.2 Å². The van der Waals surface area contributed by atoms with Gasteiger partial charge in [-0.1, -0.05) is 12.1 Å². The molecule has 0 aliphatic heterocycles. The molecule has 9 heteroatoms. The van der Waals surface area contributed by atoms with Gasteiger partial charge in [0.2, 0.25) is 0 Å². The van der Waals surface area contributed by atoms with Crippen LogP contribution in [0, 0.1) is 0 Å². The van der Waals surface area contributed by atoms with E-state index >= 15 is 0 Å². The minimum absolute atomic E-state index is 0.0259. The largest absolute Gasteiger partial charge is 0.508 e. The van der Waals surface area contributed by atoms with Gasteiger partial charge >= 0.3 is 6.80 Å². The molecule has 0 heterocycles. The summed E-state index contributed by atoms with van der Waals surface area (Å²) in [4.78, 5) is 18.2. The van der Waals surface area contributed by atoms with Crippen LogP contribution in [0.25, 0.3) is 0 Å². The SMILES string of the molecule is O=P(O)(O)Sc1cc(O)cc(O)c1C(O)CCCc1cccc(O)c1. The maximum absolute atomic E-state index is 11.2. The fourth-order valence-electron chi connectivity index (χ4n) is 2.49. The molecule has 1 unspecified atom stereocenters. The van der Waals surface area contributed by atoms with E-state index in [9.17, 15) is 25.0 Å². The summed E-state index contributed by atoms with van der Waals surface area (Å²) in [6.07, 6.45) is 0.158. The summed E-state index contributed by atoms with van der Waals surface area (Å²) in [5.41, 5.74) is 0.856. The van der Waals surface area contributed by atoms with Gasteiger partial charge in [0.1, 0.15) is 17.2 Å². The quantitative estimate of drug-likeness (QED) is 0.399. The maximum atomic E-state index is 11.2. The van der Waals surface area contributed by atoms with Gasteiger partial charge in [0.05, 0.1) is 6.10 Å². The highest BCUT2D eigenvalue weighted by Crippen LogP contribution is 2.57. The Morgan fingerprint density at radius 1 is 1.04 bits per heavy atom. The van der Waals surface area contributed by atoms with Gasteiger partial charge in [-0.2, -0.15) is 0 Å². The minimum Gasteiger partial charge on any atom is -0.508 e. The molecule has 0 aromatic heterocycles. The van der Waals surface area contributed by atoms with Crippen LogP contribution in [0.5, 0.6) is 17.2 Å². The van der Waals surface area contributed by atoms with Crippen molar-refractivity contribution >= 4 is 18.2 Å². The van der Waals surface area contributed by atoms with Crippen LogP contribution in [0.1, 0.15) is 30.1 Å². The maximum Gasteiger partial charge on any atom is 0.388 e. The Morgan fingerprint density at radius 3 is 2.40 bits per heavy atom. The van der Waals surface area contributed by atoms with Crippen molar-refractivity contribution in [3.05, 3.63) is 47.5 Å². The molecule has 0 radical (unpaired) electrons. The molecule has 2 rings (SSSR count). The van der Waals surface area contributed by atoms with Crippen LogP contribution in [-0.2, 0) is 11.0 Å². The van der Waals surface area contributed by atoms with Crippen molar-refractivity contribution in [2.45, 2.75) is 30.3 Å². The molecular weight excluding hydrogens is 367 g/mol. The molecule has 1 atom stereocenters. The molecule has 0 spiro atoms. The number of hydrogen-bond donors (Lipinski definition) is 6. The van der Waals surface area contributed by atoms with Gasteiger partial charge in [0.25, 0.3) is 0 Å². The van der Waals surface area contributed by atoms with Crippen LogP contribution in [0.15, 0.2) is 41.3 Å². The number of aryl methyl sites for hydroxylation is 1. The predicted octanol–water partition coefficient (Wildman–Crippen LogP) is 3.04. The van der Waals surface area contributed by atoms with Crippen molar-refractivity contribution in [3.8, 4) is 17.2 Å². The molecule has 0 bridgehead atoms. The molecule has 136 valence electrons. The highest BCUT2D eigenvalue weighted by molar-refractivity contribution is 8.54. The molecule has 0 aliphatic rings. The van der Waals surface area contributed by atoms with Gasteiger partial charge in [0, 0.05) is 16.5 Å². The van der Waals surface area contributed by atoms with Gasteiger partial charge in [-0.15, -0.1) is 0 Å². The van der Waals surface area contributed by atoms with E-state index in [0.717, 1.165) is 17.7 Å². The Balaban J connectivity index is 2.12. The normalized spacial score (nSPS) is 12.9. The van der Waals surface area contributed by atoms with E-state index in [2.05, 4.69) is 0 Å². The number of phenols is 3. The van der Waals surface area contributed by atoms with Gasteiger partial charge in [0.15, 0.2) is 0 Å². The number of aliphatic hydroxyl groups is 1. The van der Waals surface area contributed by atoms with Crippen LogP contribution in [0.3, 0.4) is 0 Å². The molecule has 2 aromatic rings. The Hall–Kier alpha value is -1.70. The van der Waals surface area contributed by atoms with Crippen molar-refractivity contribution < 1.29 is 34.8 Å². The smallest absolute Gasteiger partial charge is 0.388 e. The topological polar surface area (TPSA) is 138 Å². The van der Waals surface area contributed by atoms with Crippen molar-refractivity contribution in [3.63, 3.8) is 0 Å². The van der Waals surface area contributed by atoms with E-state index in [4.69, 9.17) is 9.79 Å². The van der Waals surface area contributed by atoms with Gasteiger partial charge < -0.3 is 30.2 Å². The first-order chi connectivity index (χ1) is 11.7. The average molecular weight is 386 g/mol. The van der Waals surface area contributed by atoms with Crippen molar-refractivity contribution in [2.75, 3.05) is 0 Å². The van der Waals surface area contributed by atoms with Gasteiger partial charge in [-0.25, -0.2) is 4.57 Å². The van der Waals surface area contributed by atoms with Crippen LogP contribution in [0.4, 0.5) is 0 Å². The lowest BCUT2D eigenvalue weighted by atomic mass is 10.00. The molecular formula is C16H19O7PS. The lowest BCUT2D eigenvalue weighted by Gasteiger charge is -2.17. The second-order valence-corrected chi connectivity index (χ2v) is 9.11. The third kappa shape index (κ3) is 5.95. The van der Waals surface area contributed by atoms with E-state index in [0.29, 0.717) is 12.8 Å². The third-order valence-electron chi connectivity index (χ3n) is 3.51. The van der Waals surface area contributed by atoms with E-state index in [-0.39, 0.29) is 39.8 Å². The first-order valence-corrected chi connectivity index (χ1v) is 10.5. The number of aromatic hydroxyl groups is 3. The standard InChI is InChI=1S/C16H19O7PS/c17-11-5-1-3-10(7-11)4-2-6-13(19)16-14(20)8-12(18)9-15(16)25-24(21,22)23/h1,3,5,7-9,13,17-20H,2,4,6H2,(H2,21,22,23). The van der Waals surface area contributed by atoms with Crippen molar-refractivity contribution in [1.29, 1.82) is 0 Å². The molecule has 25 heavy (non-hydrogen) atoms. The summed E-state index contributed by atoms with van der Waals surface area (Å²) >= 11 is 0.169. The molecule has 0 aliphatic carbocycles. The zero-order valence-corrected chi connectivity index (χ0v) is 14.8. The molecule has 0 saturated carbocycles. The van der Waals surface area contributed by atoms with E-state index in [1.54, 1.807) is 18.2 Å². The minimum atomic E-state index is -4.52. The fourth-order valence-corrected chi connectivity index (χ4v) is 4.48. The summed E-state index contributed by atoms with van der Waals surface area (Å²) < 4.78 is 11.2. The summed E-state index contributed by atoms with van der Waals surface area (Å²) in [5.74, 6) is -0.639. The third-order valence-corrected chi connectivity index (χ3v) is 5.58. The molecule has 0 amide bonds. The van der Waals surface area contributed by atoms with E-state index in [1.807, 2.05) is 6.07 Å². The Morgan fingerprint density at radius 2 is 1.76 bits per heavy atom. The van der Waals surface area contributed by atoms with Crippen molar-refractivity contribution in [1.82, 2.24) is 0 Å². The van der Waals surface area contributed by atoms with E-state index < -0.39 is 18.7 Å². The second kappa shape index (κ2) is 8.12. The van der Waals surface area contributed by atoms with Crippen molar-refractivity contribution in [2.24, 2.45) is 0 Å². The number of hydrogen-bond acceptors (Lipinski definition) is 6. The molecule has 2 aromatic carbocycles. The molecule has 0 saturated heterocycles. The summed E-state index contributed by atoms with van der Waals surface area (Å²) in [5, 5.41) is 39.3. The predicted molar refractivity (Wildman–Crippen MR) is 93.7 cm³/mol. The first-order valence-electron chi connectivity index (χ1n) is 7.42. The van der Waals surface area contributed by atoms with Crippen LogP contribution < -0.4 is 0 Å². The number of phenolic OH excluding ortho intramolecular Hbond substituents is 3. The molecule has 6 N–H and O–H groups in total. The summed E-state index contributed by atoms with van der Waals surface area (Å²) in [6.45, 7) is -4.52. The average Bonchev–Trinajstić information content (AvgIpc) is 2.44. The van der Waals surface area contributed by atoms with E-state index in [1.165, 1.54) is 0 Å². The lowest BCUT2D eigenvalue weighted by molar-refractivity contribution is 0.158. The van der Waals surface area contributed by atoms with Crippen LogP contribution in [0.2, 0.25) is 0 Å². The number of benzene rings is 2. The first kappa shape index (κ1) is 19.6. The molecule has 7 nitrogen and oxygen atoms in total. The number of aliphatic hydroxyl groups excluding tert-OH is 1. The van der Waals surface area contributed by atoms with Gasteiger partial charge in [-0.05, 0) is 54.4 Å².